The van der Waals surface area contributed by atoms with Gasteiger partial charge in [0, 0.05) is 41.4 Å². The first kappa shape index (κ1) is 36.1. The molecule has 0 saturated carbocycles. The lowest BCUT2D eigenvalue weighted by Gasteiger charge is -2.27. The van der Waals surface area contributed by atoms with E-state index in [0.29, 0.717) is 12.0 Å². The number of aromatic nitrogens is 2. The van der Waals surface area contributed by atoms with Gasteiger partial charge in [0.1, 0.15) is 12.1 Å². The molecule has 2 aromatic heterocycles. The van der Waals surface area contributed by atoms with Gasteiger partial charge in [-0.05, 0) is 55.0 Å². The van der Waals surface area contributed by atoms with Gasteiger partial charge in [-0.3, -0.25) is 24.4 Å². The molecule has 46 heavy (non-hydrogen) atoms. The third kappa shape index (κ3) is 11.5. The number of hydrogen-bond acceptors (Lipinski definition) is 8. The van der Waals surface area contributed by atoms with Crippen LogP contribution in [0.25, 0.3) is 0 Å². The molecule has 0 bridgehead atoms. The second kappa shape index (κ2) is 17.9. The van der Waals surface area contributed by atoms with E-state index in [1.165, 1.54) is 17.5 Å². The number of halogens is 1. The molecule has 4 atom stereocenters. The summed E-state index contributed by atoms with van der Waals surface area (Å²) in [5.74, 6) is -1.89. The second-order valence-electron chi connectivity index (χ2n) is 11.0. The Labute approximate surface area is 280 Å². The van der Waals surface area contributed by atoms with Crippen LogP contribution in [0.1, 0.15) is 60.6 Å². The Morgan fingerprint density at radius 1 is 0.935 bits per heavy atom. The van der Waals surface area contributed by atoms with Crippen molar-refractivity contribution in [1.82, 2.24) is 31.2 Å². The highest BCUT2D eigenvalue weighted by Crippen LogP contribution is 2.17. The van der Waals surface area contributed by atoms with Crippen molar-refractivity contribution in [2.45, 2.75) is 64.2 Å². The number of nitrogens with one attached hydrogen (secondary N) is 4. The maximum atomic E-state index is 13.7. The highest BCUT2D eigenvalue weighted by molar-refractivity contribution is 9.10. The number of nitrogens with zero attached hydrogens (tertiary/aromatic N) is 3. The molecule has 3 aromatic rings. The van der Waals surface area contributed by atoms with Crippen LogP contribution in [-0.2, 0) is 16.0 Å². The van der Waals surface area contributed by atoms with Crippen molar-refractivity contribution in [2.24, 2.45) is 22.4 Å². The predicted octanol–water partition coefficient (Wildman–Crippen LogP) is 2.83. The van der Waals surface area contributed by atoms with Gasteiger partial charge >= 0.3 is 6.03 Å². The van der Waals surface area contributed by atoms with E-state index < -0.39 is 36.0 Å². The average molecular weight is 715 g/mol. The van der Waals surface area contributed by atoms with E-state index >= 15 is 0 Å². The maximum Gasteiger partial charge on any atom is 0.315 e. The number of benzene rings is 1. The highest BCUT2D eigenvalue weighted by Gasteiger charge is 2.32. The summed E-state index contributed by atoms with van der Waals surface area (Å²) >= 11 is 4.57. The molecule has 0 aliphatic carbocycles. The van der Waals surface area contributed by atoms with E-state index in [2.05, 4.69) is 52.2 Å². The number of thiazole rings is 1. The normalized spacial score (nSPS) is 13.5. The molecule has 0 aliphatic heterocycles. The summed E-state index contributed by atoms with van der Waals surface area (Å²) in [5.41, 5.74) is 12.4. The summed E-state index contributed by atoms with van der Waals surface area (Å²) in [6.45, 7) is 5.65. The molecule has 0 spiro atoms. The summed E-state index contributed by atoms with van der Waals surface area (Å²) in [6, 6.07) is 7.17. The first-order chi connectivity index (χ1) is 21.9. The van der Waals surface area contributed by atoms with Gasteiger partial charge in [-0.2, -0.15) is 0 Å². The van der Waals surface area contributed by atoms with E-state index in [1.807, 2.05) is 31.2 Å². The van der Waals surface area contributed by atoms with Crippen LogP contribution in [0.3, 0.4) is 0 Å². The monoisotopic (exact) mass is 713 g/mol. The average Bonchev–Trinajstić information content (AvgIpc) is 3.56. The lowest BCUT2D eigenvalue weighted by Crippen LogP contribution is -2.58. The van der Waals surface area contributed by atoms with Gasteiger partial charge in [-0.25, -0.2) is 9.78 Å². The molecule has 0 fully saturated rings. The molecule has 0 saturated heterocycles. The summed E-state index contributed by atoms with van der Waals surface area (Å²) in [4.78, 5) is 65.8. The molecular weight excluding hydrogens is 674 g/mol. The van der Waals surface area contributed by atoms with Crippen molar-refractivity contribution >= 4 is 56.9 Å². The van der Waals surface area contributed by atoms with Crippen LogP contribution in [0.15, 0.2) is 69.8 Å². The van der Waals surface area contributed by atoms with Crippen LogP contribution >= 0.6 is 27.3 Å². The Morgan fingerprint density at radius 3 is 2.28 bits per heavy atom. The number of aliphatic imine (C=N–C) groups is 1. The molecule has 4 amide bonds. The predicted molar refractivity (Wildman–Crippen MR) is 181 cm³/mol. The highest BCUT2D eigenvalue weighted by atomic mass is 79.9. The van der Waals surface area contributed by atoms with Crippen molar-refractivity contribution in [3.05, 3.63) is 81.0 Å². The molecule has 3 rings (SSSR count). The van der Waals surface area contributed by atoms with E-state index in [9.17, 15) is 19.2 Å². The Morgan fingerprint density at radius 2 is 1.67 bits per heavy atom. The Balaban J connectivity index is 1.75. The van der Waals surface area contributed by atoms with Gasteiger partial charge in [-0.1, -0.05) is 48.0 Å². The van der Waals surface area contributed by atoms with Crippen LogP contribution in [0, 0.1) is 5.92 Å². The number of urea groups is 1. The molecule has 246 valence electrons. The molecular formula is C31H40BrN9O4S. The molecule has 0 aliphatic rings. The van der Waals surface area contributed by atoms with E-state index in [4.69, 9.17) is 11.5 Å². The SMILES string of the molecule is CC(C)[C@H](NC(=O)[C@H](Cc1cccnc1)NC(=O)N[C@H](C)c1ccc(Br)cc1)C(=O)NC(CCCN=C(N)N)C(=O)c1nccs1. The van der Waals surface area contributed by atoms with Crippen molar-refractivity contribution < 1.29 is 19.2 Å². The zero-order chi connectivity index (χ0) is 33.6. The van der Waals surface area contributed by atoms with Crippen molar-refractivity contribution in [3.63, 3.8) is 0 Å². The number of pyridine rings is 1. The fourth-order valence-electron chi connectivity index (χ4n) is 4.51. The summed E-state index contributed by atoms with van der Waals surface area (Å²) in [6.07, 6.45) is 5.53. The summed E-state index contributed by atoms with van der Waals surface area (Å²) in [5, 5.41) is 13.1. The number of carbonyl (C=O) groups excluding carboxylic acids is 4. The lowest BCUT2D eigenvalue weighted by atomic mass is 10.00. The zero-order valence-electron chi connectivity index (χ0n) is 25.9. The number of carbonyl (C=O) groups is 4. The second-order valence-corrected chi connectivity index (χ2v) is 12.8. The standard InChI is InChI=1S/C31H40BrN9O4S/c1-18(2)25(28(44)39-23(7-5-13-37-30(33)34)26(42)29-36-14-15-46-29)41-27(43)24(16-20-6-4-12-35-17-20)40-31(45)38-19(3)21-8-10-22(32)11-9-21/h4,6,8-12,14-15,17-19,23-25H,5,7,13,16H2,1-3H3,(H,39,44)(H,41,43)(H4,33,34,37)(H2,38,40,45)/t19-,23?,24+,25+/m1/s1. The maximum absolute atomic E-state index is 13.7. The van der Waals surface area contributed by atoms with Crippen molar-refractivity contribution in [3.8, 4) is 0 Å². The largest absolute Gasteiger partial charge is 0.370 e. The molecule has 13 nitrogen and oxygen atoms in total. The van der Waals surface area contributed by atoms with Gasteiger partial charge in [0.25, 0.3) is 0 Å². The molecule has 1 unspecified atom stereocenters. The fourth-order valence-corrected chi connectivity index (χ4v) is 5.41. The Hall–Kier alpha value is -4.37. The minimum absolute atomic E-state index is 0.0691. The first-order valence-corrected chi connectivity index (χ1v) is 16.4. The van der Waals surface area contributed by atoms with Crippen LogP contribution in [0.4, 0.5) is 4.79 Å². The minimum atomic E-state index is -1.04. The number of amides is 4. The third-order valence-electron chi connectivity index (χ3n) is 6.97. The van der Waals surface area contributed by atoms with E-state index in [1.54, 1.807) is 43.8 Å². The van der Waals surface area contributed by atoms with Crippen LogP contribution < -0.4 is 32.7 Å². The topological polar surface area (TPSA) is 207 Å². The smallest absolute Gasteiger partial charge is 0.315 e. The molecule has 8 N–H and O–H groups in total. The lowest BCUT2D eigenvalue weighted by molar-refractivity contribution is -0.131. The zero-order valence-corrected chi connectivity index (χ0v) is 28.3. The minimum Gasteiger partial charge on any atom is -0.370 e. The number of hydrogen-bond donors (Lipinski definition) is 6. The fraction of sp³-hybridized carbons (Fsp3) is 0.387. The van der Waals surface area contributed by atoms with Crippen LogP contribution in [0.2, 0.25) is 0 Å². The Bertz CT molecular complexity index is 1470. The van der Waals surface area contributed by atoms with E-state index in [0.717, 1.165) is 10.0 Å². The van der Waals surface area contributed by atoms with Gasteiger partial charge in [0.2, 0.25) is 17.6 Å². The van der Waals surface area contributed by atoms with Crippen LogP contribution in [-0.4, -0.2) is 64.2 Å². The summed E-state index contributed by atoms with van der Waals surface area (Å²) < 4.78 is 0.912. The van der Waals surface area contributed by atoms with E-state index in [-0.39, 0.29) is 48.1 Å². The van der Waals surface area contributed by atoms with Crippen LogP contribution in [0.5, 0.6) is 0 Å². The number of Topliss-reactive ketones (excluding diaryl/α,β-unsaturated/α-hetero) is 1. The number of rotatable bonds is 16. The number of guanidine groups is 1. The Kier molecular flexibility index (Phi) is 14.1. The van der Waals surface area contributed by atoms with Gasteiger partial charge < -0.3 is 32.7 Å². The molecule has 1 aromatic carbocycles. The first-order valence-electron chi connectivity index (χ1n) is 14.8. The van der Waals surface area contributed by atoms with Crippen molar-refractivity contribution in [1.29, 1.82) is 0 Å². The number of ketones is 1. The van der Waals surface area contributed by atoms with Gasteiger partial charge in [-0.15, -0.1) is 11.3 Å². The van der Waals surface area contributed by atoms with Crippen molar-refractivity contribution in [2.75, 3.05) is 6.54 Å². The quantitative estimate of drug-likeness (QED) is 0.0562. The van der Waals surface area contributed by atoms with Gasteiger partial charge in [0.15, 0.2) is 11.0 Å². The number of nitrogens with two attached hydrogens (primary N) is 2. The van der Waals surface area contributed by atoms with Gasteiger partial charge in [0.05, 0.1) is 12.1 Å². The molecule has 0 radical (unpaired) electrons. The molecule has 2 heterocycles. The summed E-state index contributed by atoms with van der Waals surface area (Å²) in [7, 11) is 0. The third-order valence-corrected chi connectivity index (χ3v) is 8.29. The molecule has 15 heteroatoms.